The van der Waals surface area contributed by atoms with E-state index in [9.17, 15) is 0 Å². The van der Waals surface area contributed by atoms with Crippen molar-refractivity contribution in [2.45, 2.75) is 58.9 Å². The Bertz CT molecular complexity index is 1640. The molecule has 1 spiro atoms. The molecule has 1 aromatic heterocycles. The van der Waals surface area contributed by atoms with Gasteiger partial charge in [-0.2, -0.15) is 4.57 Å². The minimum atomic E-state index is -0.159. The summed E-state index contributed by atoms with van der Waals surface area (Å²) < 4.78 is 2.65. The van der Waals surface area contributed by atoms with Gasteiger partial charge in [-0.25, -0.2) is 0 Å². The molecule has 0 bridgehead atoms. The first-order chi connectivity index (χ1) is 15.7. The molecular weight excluding hydrogens is 398 g/mol. The minimum Gasteiger partial charge on any atom is -0.183 e. The van der Waals surface area contributed by atoms with E-state index in [-0.39, 0.29) is 11.0 Å². The predicted octanol–water partition coefficient (Wildman–Crippen LogP) is 7.64. The van der Waals surface area contributed by atoms with Crippen molar-refractivity contribution in [3.8, 4) is 11.3 Å². The van der Waals surface area contributed by atoms with Crippen LogP contribution in [0.25, 0.3) is 32.8 Å². The Morgan fingerprint density at radius 3 is 2.42 bits per heavy atom. The van der Waals surface area contributed by atoms with Crippen LogP contribution in [0.5, 0.6) is 0 Å². The molecule has 33 heavy (non-hydrogen) atoms. The van der Waals surface area contributed by atoms with Crippen LogP contribution in [0.3, 0.4) is 0 Å². The molecule has 1 nitrogen and oxygen atoms in total. The fourth-order valence-corrected chi connectivity index (χ4v) is 7.13. The van der Waals surface area contributed by atoms with Crippen molar-refractivity contribution < 1.29 is 4.57 Å². The molecule has 1 heteroatoms. The van der Waals surface area contributed by atoms with E-state index < -0.39 is 0 Å². The van der Waals surface area contributed by atoms with Crippen molar-refractivity contribution in [3.63, 3.8) is 0 Å². The number of pyridine rings is 1. The lowest BCUT2D eigenvalue weighted by Gasteiger charge is -2.33. The standard InChI is InChI=1S/C32H30N/c1-18-10-11-23-17-33-30-28-26(32(33)15-19(2)21(4)20(3)16-32)13-12-22-8-7-9-25(27(22)28)31(5,6)29(30)24(23)14-18/h7-15,17H,16H2,1-6H3/q+1. The minimum absolute atomic E-state index is 0.0741. The van der Waals surface area contributed by atoms with Gasteiger partial charge in [-0.05, 0) is 67.3 Å². The Hall–Kier alpha value is -3.19. The highest BCUT2D eigenvalue weighted by molar-refractivity contribution is 6.07. The molecule has 0 N–H and O–H groups in total. The zero-order valence-corrected chi connectivity index (χ0v) is 20.4. The lowest BCUT2D eigenvalue weighted by molar-refractivity contribution is -0.726. The third kappa shape index (κ3) is 2.12. The van der Waals surface area contributed by atoms with E-state index in [0.29, 0.717) is 0 Å². The first-order valence-electron chi connectivity index (χ1n) is 12.2. The SMILES string of the molecule is CC1=CC2(CC(C)=C1C)c1ccc3cccc4c3c1-c1c(c3cc(C)ccc3c[n+]12)C4(C)C. The topological polar surface area (TPSA) is 3.88 Å². The number of hydrogen-bond acceptors (Lipinski definition) is 0. The van der Waals surface area contributed by atoms with Gasteiger partial charge in [-0.3, -0.25) is 0 Å². The monoisotopic (exact) mass is 428 g/mol. The van der Waals surface area contributed by atoms with Crippen LogP contribution >= 0.6 is 0 Å². The normalized spacial score (nSPS) is 21.9. The summed E-state index contributed by atoms with van der Waals surface area (Å²) >= 11 is 0. The number of aromatic nitrogens is 1. The first kappa shape index (κ1) is 19.3. The van der Waals surface area contributed by atoms with Gasteiger partial charge in [0.05, 0.1) is 5.56 Å². The zero-order chi connectivity index (χ0) is 22.9. The maximum absolute atomic E-state index is 2.65. The van der Waals surface area contributed by atoms with Gasteiger partial charge in [-0.15, -0.1) is 0 Å². The van der Waals surface area contributed by atoms with Crippen molar-refractivity contribution >= 4 is 21.5 Å². The molecule has 0 fully saturated rings. The highest BCUT2D eigenvalue weighted by atomic mass is 15.1. The van der Waals surface area contributed by atoms with Gasteiger partial charge in [0, 0.05) is 33.7 Å². The molecule has 162 valence electrons. The van der Waals surface area contributed by atoms with Gasteiger partial charge < -0.3 is 0 Å². The fraction of sp³-hybridized carbons (Fsp3) is 0.281. The predicted molar refractivity (Wildman–Crippen MR) is 138 cm³/mol. The van der Waals surface area contributed by atoms with Gasteiger partial charge in [0.2, 0.25) is 11.2 Å². The number of aryl methyl sites for hydroxylation is 1. The van der Waals surface area contributed by atoms with E-state index in [1.165, 1.54) is 71.8 Å². The van der Waals surface area contributed by atoms with Crippen LogP contribution in [0.1, 0.15) is 63.3 Å². The molecule has 1 aliphatic heterocycles. The molecule has 1 unspecified atom stereocenters. The first-order valence-corrected chi connectivity index (χ1v) is 12.2. The van der Waals surface area contributed by atoms with Crippen molar-refractivity contribution in [2.24, 2.45) is 0 Å². The summed E-state index contributed by atoms with van der Waals surface area (Å²) in [4.78, 5) is 0. The van der Waals surface area contributed by atoms with Crippen LogP contribution in [0, 0.1) is 6.92 Å². The largest absolute Gasteiger partial charge is 0.219 e. The Morgan fingerprint density at radius 2 is 1.64 bits per heavy atom. The highest BCUT2D eigenvalue weighted by Crippen LogP contribution is 2.57. The van der Waals surface area contributed by atoms with E-state index in [1.807, 2.05) is 0 Å². The number of nitrogens with zero attached hydrogens (tertiary/aromatic N) is 1. The number of allylic oxidation sites excluding steroid dienone is 4. The van der Waals surface area contributed by atoms with E-state index in [1.54, 1.807) is 0 Å². The molecule has 2 heterocycles. The summed E-state index contributed by atoms with van der Waals surface area (Å²) in [5.74, 6) is 0. The Kier molecular flexibility index (Phi) is 3.41. The van der Waals surface area contributed by atoms with E-state index in [0.717, 1.165) is 6.42 Å². The molecule has 1 atom stereocenters. The Labute approximate surface area is 196 Å². The second kappa shape index (κ2) is 5.83. The second-order valence-corrected chi connectivity index (χ2v) is 11.2. The van der Waals surface area contributed by atoms with Crippen molar-refractivity contribution in [1.29, 1.82) is 0 Å². The molecule has 7 rings (SSSR count). The molecule has 0 amide bonds. The van der Waals surface area contributed by atoms with Gasteiger partial charge in [0.15, 0.2) is 6.20 Å². The lowest BCUT2D eigenvalue weighted by atomic mass is 9.68. The van der Waals surface area contributed by atoms with E-state index in [4.69, 9.17) is 0 Å². The number of hydrogen-bond donors (Lipinski definition) is 0. The van der Waals surface area contributed by atoms with Crippen LogP contribution in [-0.4, -0.2) is 0 Å². The van der Waals surface area contributed by atoms with Crippen molar-refractivity contribution in [1.82, 2.24) is 0 Å². The second-order valence-electron chi connectivity index (χ2n) is 11.2. The maximum Gasteiger partial charge on any atom is 0.219 e. The summed E-state index contributed by atoms with van der Waals surface area (Å²) in [6.07, 6.45) is 6.04. The maximum atomic E-state index is 2.65. The van der Waals surface area contributed by atoms with Crippen LogP contribution in [0.4, 0.5) is 0 Å². The Balaban J connectivity index is 1.77. The molecular formula is C32H30N+. The molecule has 3 aromatic carbocycles. The third-order valence-corrected chi connectivity index (χ3v) is 8.92. The lowest BCUT2D eigenvalue weighted by Crippen LogP contribution is -2.55. The van der Waals surface area contributed by atoms with Gasteiger partial charge >= 0.3 is 0 Å². The van der Waals surface area contributed by atoms with Crippen LogP contribution in [0.15, 0.2) is 77.5 Å². The van der Waals surface area contributed by atoms with Crippen molar-refractivity contribution in [2.75, 3.05) is 0 Å². The Morgan fingerprint density at radius 1 is 0.848 bits per heavy atom. The third-order valence-electron chi connectivity index (χ3n) is 8.92. The number of rotatable bonds is 0. The quantitative estimate of drug-likeness (QED) is 0.253. The fourth-order valence-electron chi connectivity index (χ4n) is 7.13. The summed E-state index contributed by atoms with van der Waals surface area (Å²) in [5, 5.41) is 5.56. The van der Waals surface area contributed by atoms with E-state index >= 15 is 0 Å². The highest BCUT2D eigenvalue weighted by Gasteiger charge is 2.56. The molecule has 4 aromatic rings. The van der Waals surface area contributed by atoms with Crippen LogP contribution < -0.4 is 4.57 Å². The molecule has 0 radical (unpaired) electrons. The molecule has 0 saturated carbocycles. The van der Waals surface area contributed by atoms with Crippen molar-refractivity contribution in [3.05, 3.63) is 99.8 Å². The average molecular weight is 429 g/mol. The number of fused-ring (bicyclic) bond motifs is 4. The summed E-state index contributed by atoms with van der Waals surface area (Å²) in [6, 6.07) is 18.7. The van der Waals surface area contributed by atoms with Gasteiger partial charge in [0.25, 0.3) is 0 Å². The zero-order valence-electron chi connectivity index (χ0n) is 20.4. The van der Waals surface area contributed by atoms with Gasteiger partial charge in [0.1, 0.15) is 0 Å². The number of benzene rings is 3. The molecule has 2 aliphatic carbocycles. The van der Waals surface area contributed by atoms with E-state index in [2.05, 4.69) is 107 Å². The smallest absolute Gasteiger partial charge is 0.183 e. The molecule has 3 aliphatic rings. The molecule has 0 saturated heterocycles. The van der Waals surface area contributed by atoms with Gasteiger partial charge in [-0.1, -0.05) is 67.4 Å². The average Bonchev–Trinajstić information content (AvgIpc) is 3.04. The van der Waals surface area contributed by atoms with Crippen LogP contribution in [-0.2, 0) is 11.0 Å². The summed E-state index contributed by atoms with van der Waals surface area (Å²) in [7, 11) is 0. The van der Waals surface area contributed by atoms with Crippen LogP contribution in [0.2, 0.25) is 0 Å². The summed E-state index contributed by atoms with van der Waals surface area (Å²) in [5.41, 5.74) is 12.8. The summed E-state index contributed by atoms with van der Waals surface area (Å²) in [6.45, 7) is 14.0.